The minimum atomic E-state index is -3.44. The van der Waals surface area contributed by atoms with E-state index in [1.807, 2.05) is 0 Å². The Morgan fingerprint density at radius 1 is 1.29 bits per heavy atom. The van der Waals surface area contributed by atoms with Gasteiger partial charge in [0, 0.05) is 6.54 Å². The average Bonchev–Trinajstić information content (AvgIpc) is 2.09. The molecule has 14 heavy (non-hydrogen) atoms. The lowest BCUT2D eigenvalue weighted by Gasteiger charge is -2.04. The molecule has 0 aliphatic heterocycles. The monoisotopic (exact) mass is 253 g/mol. The number of hydrogen-bond acceptors (Lipinski definition) is 2. The van der Waals surface area contributed by atoms with Gasteiger partial charge in [0.15, 0.2) is 0 Å². The summed E-state index contributed by atoms with van der Waals surface area (Å²) in [5.41, 5.74) is 0. The van der Waals surface area contributed by atoms with Gasteiger partial charge in [-0.15, -0.1) is 0 Å². The Kier molecular flexibility index (Phi) is 3.78. The van der Waals surface area contributed by atoms with E-state index in [1.165, 1.54) is 18.2 Å². The van der Waals surface area contributed by atoms with Gasteiger partial charge in [-0.2, -0.15) is 0 Å². The summed E-state index contributed by atoms with van der Waals surface area (Å²) in [6.45, 7) is 2.04. The molecule has 0 radical (unpaired) electrons. The van der Waals surface area contributed by atoms with Crippen LogP contribution in [-0.2, 0) is 10.0 Å². The first-order chi connectivity index (χ1) is 6.47. The first-order valence-corrected chi connectivity index (χ1v) is 6.16. The lowest BCUT2D eigenvalue weighted by molar-refractivity contribution is 0.584. The van der Waals surface area contributed by atoms with Crippen LogP contribution >= 0.6 is 23.2 Å². The van der Waals surface area contributed by atoms with Crippen LogP contribution in [0.25, 0.3) is 0 Å². The van der Waals surface area contributed by atoms with Gasteiger partial charge >= 0.3 is 0 Å². The maximum absolute atomic E-state index is 11.5. The number of nitrogens with one attached hydrogen (secondary N) is 1. The van der Waals surface area contributed by atoms with Gasteiger partial charge in [-0.25, -0.2) is 13.1 Å². The molecule has 0 aliphatic carbocycles. The molecule has 1 aromatic rings. The fraction of sp³-hybridized carbons (Fsp3) is 0.250. The summed E-state index contributed by atoms with van der Waals surface area (Å²) in [6.07, 6.45) is 0. The van der Waals surface area contributed by atoms with E-state index in [1.54, 1.807) is 6.92 Å². The van der Waals surface area contributed by atoms with E-state index in [0.717, 1.165) is 0 Å². The molecule has 0 aromatic heterocycles. The van der Waals surface area contributed by atoms with E-state index < -0.39 is 10.0 Å². The second kappa shape index (κ2) is 4.49. The molecule has 1 rings (SSSR count). The smallest absolute Gasteiger partial charge is 0.211 e. The largest absolute Gasteiger partial charge is 0.240 e. The molecule has 1 aromatic carbocycles. The van der Waals surface area contributed by atoms with Crippen molar-refractivity contribution in [1.29, 1.82) is 0 Å². The molecule has 78 valence electrons. The van der Waals surface area contributed by atoms with Crippen molar-refractivity contribution < 1.29 is 8.42 Å². The predicted octanol–water partition coefficient (Wildman–Crippen LogP) is 2.29. The molecule has 0 unspecified atom stereocenters. The molecule has 0 fully saturated rings. The van der Waals surface area contributed by atoms with Gasteiger partial charge < -0.3 is 0 Å². The lowest BCUT2D eigenvalue weighted by atomic mass is 10.4. The average molecular weight is 254 g/mol. The second-order valence-corrected chi connectivity index (χ2v) is 5.16. The number of benzene rings is 1. The van der Waals surface area contributed by atoms with E-state index in [4.69, 9.17) is 23.2 Å². The van der Waals surface area contributed by atoms with Crippen molar-refractivity contribution in [2.24, 2.45) is 0 Å². The van der Waals surface area contributed by atoms with Crippen molar-refractivity contribution in [2.75, 3.05) is 6.54 Å². The van der Waals surface area contributed by atoms with Crippen molar-refractivity contribution in [1.82, 2.24) is 4.72 Å². The zero-order valence-electron chi connectivity index (χ0n) is 7.42. The Morgan fingerprint density at radius 3 is 2.43 bits per heavy atom. The zero-order valence-corrected chi connectivity index (χ0v) is 9.75. The Hall–Kier alpha value is -0.290. The van der Waals surface area contributed by atoms with E-state index in [0.29, 0.717) is 11.6 Å². The normalized spacial score (nSPS) is 11.6. The first-order valence-electron chi connectivity index (χ1n) is 3.92. The summed E-state index contributed by atoms with van der Waals surface area (Å²) >= 11 is 11.4. The van der Waals surface area contributed by atoms with Crippen LogP contribution in [-0.4, -0.2) is 15.0 Å². The Balaban J connectivity index is 3.15. The van der Waals surface area contributed by atoms with Gasteiger partial charge in [-0.05, 0) is 18.2 Å². The molecule has 1 N–H and O–H groups in total. The third kappa shape index (κ3) is 2.60. The highest BCUT2D eigenvalue weighted by Gasteiger charge is 2.13. The topological polar surface area (TPSA) is 46.2 Å². The van der Waals surface area contributed by atoms with Gasteiger partial charge in [-0.3, -0.25) is 0 Å². The molecule has 0 bridgehead atoms. The molecular weight excluding hydrogens is 245 g/mol. The van der Waals surface area contributed by atoms with Crippen LogP contribution in [0.15, 0.2) is 23.1 Å². The fourth-order valence-corrected chi connectivity index (χ4v) is 2.35. The standard InChI is InChI=1S/C8H9Cl2NO2S/c1-2-11-14(12,13)6-3-4-7(9)8(10)5-6/h3-5,11H,2H2,1H3. The van der Waals surface area contributed by atoms with Gasteiger partial charge in [0.25, 0.3) is 0 Å². The van der Waals surface area contributed by atoms with E-state index in [-0.39, 0.29) is 9.92 Å². The minimum Gasteiger partial charge on any atom is -0.211 e. The van der Waals surface area contributed by atoms with Gasteiger partial charge in [0.1, 0.15) is 0 Å². The Morgan fingerprint density at radius 2 is 1.93 bits per heavy atom. The van der Waals surface area contributed by atoms with Crippen LogP contribution in [0.2, 0.25) is 10.0 Å². The molecule has 6 heteroatoms. The first kappa shape index (κ1) is 11.8. The van der Waals surface area contributed by atoms with Crippen LogP contribution in [0.4, 0.5) is 0 Å². The molecule has 0 saturated carbocycles. The van der Waals surface area contributed by atoms with Gasteiger partial charge in [0.05, 0.1) is 14.9 Å². The lowest BCUT2D eigenvalue weighted by Crippen LogP contribution is -2.23. The third-order valence-electron chi connectivity index (χ3n) is 1.54. The van der Waals surface area contributed by atoms with E-state index in [2.05, 4.69) is 4.72 Å². The molecule has 3 nitrogen and oxygen atoms in total. The maximum Gasteiger partial charge on any atom is 0.240 e. The summed E-state index contributed by atoms with van der Waals surface area (Å²) in [4.78, 5) is 0.119. The highest BCUT2D eigenvalue weighted by atomic mass is 35.5. The molecule has 0 heterocycles. The number of halogens is 2. The van der Waals surface area contributed by atoms with Crippen LogP contribution in [0, 0.1) is 0 Å². The fourth-order valence-electron chi connectivity index (χ4n) is 0.917. The Bertz CT molecular complexity index is 431. The van der Waals surface area contributed by atoms with Crippen LogP contribution in [0.5, 0.6) is 0 Å². The van der Waals surface area contributed by atoms with Crippen molar-refractivity contribution in [2.45, 2.75) is 11.8 Å². The van der Waals surface area contributed by atoms with E-state index >= 15 is 0 Å². The molecule has 0 spiro atoms. The number of rotatable bonds is 3. The SMILES string of the molecule is CCNS(=O)(=O)c1ccc(Cl)c(Cl)c1. The van der Waals surface area contributed by atoms with Crippen LogP contribution in [0.3, 0.4) is 0 Å². The van der Waals surface area contributed by atoms with Gasteiger partial charge in [-0.1, -0.05) is 30.1 Å². The summed E-state index contributed by atoms with van der Waals surface area (Å²) in [5.74, 6) is 0. The van der Waals surface area contributed by atoms with Gasteiger partial charge in [0.2, 0.25) is 10.0 Å². The molecule has 0 amide bonds. The van der Waals surface area contributed by atoms with E-state index in [9.17, 15) is 8.42 Å². The molecule has 0 saturated heterocycles. The second-order valence-electron chi connectivity index (χ2n) is 2.58. The van der Waals surface area contributed by atoms with Crippen molar-refractivity contribution in [3.05, 3.63) is 28.2 Å². The number of sulfonamides is 1. The van der Waals surface area contributed by atoms with Crippen LogP contribution < -0.4 is 4.72 Å². The molecule has 0 aliphatic rings. The maximum atomic E-state index is 11.5. The molecule has 0 atom stereocenters. The molecular formula is C8H9Cl2NO2S. The van der Waals surface area contributed by atoms with Crippen molar-refractivity contribution in [3.8, 4) is 0 Å². The predicted molar refractivity (Wildman–Crippen MR) is 57.3 cm³/mol. The highest BCUT2D eigenvalue weighted by Crippen LogP contribution is 2.24. The highest BCUT2D eigenvalue weighted by molar-refractivity contribution is 7.89. The van der Waals surface area contributed by atoms with Crippen molar-refractivity contribution in [3.63, 3.8) is 0 Å². The zero-order chi connectivity index (χ0) is 10.8. The summed E-state index contributed by atoms with van der Waals surface area (Å²) in [7, 11) is -3.44. The third-order valence-corrected chi connectivity index (χ3v) is 3.82. The number of hydrogen-bond donors (Lipinski definition) is 1. The minimum absolute atomic E-state index is 0.119. The van der Waals surface area contributed by atoms with Crippen molar-refractivity contribution >= 4 is 33.2 Å². The quantitative estimate of drug-likeness (QED) is 0.899. The Labute approximate surface area is 93.1 Å². The summed E-state index contributed by atoms with van der Waals surface area (Å²) in [5, 5.41) is 0.563. The van der Waals surface area contributed by atoms with Crippen LogP contribution in [0.1, 0.15) is 6.92 Å². The summed E-state index contributed by atoms with van der Waals surface area (Å²) < 4.78 is 25.3. The summed E-state index contributed by atoms with van der Waals surface area (Å²) in [6, 6.07) is 4.18.